The van der Waals surface area contributed by atoms with Crippen LogP contribution >= 0.6 is 0 Å². The third kappa shape index (κ3) is 4.05. The van der Waals surface area contributed by atoms with Crippen LogP contribution < -0.4 is 5.73 Å². The molecule has 1 aromatic carbocycles. The number of carbonyl (C=O) groups excluding carboxylic acids is 1. The summed E-state index contributed by atoms with van der Waals surface area (Å²) < 4.78 is 0. The molecule has 0 spiro atoms. The number of hydrogen-bond donors (Lipinski definition) is 1. The van der Waals surface area contributed by atoms with Gasteiger partial charge in [-0.2, -0.15) is 0 Å². The van der Waals surface area contributed by atoms with Gasteiger partial charge < -0.3 is 5.73 Å². The van der Waals surface area contributed by atoms with E-state index in [9.17, 15) is 4.79 Å². The molecule has 1 atom stereocenters. The lowest BCUT2D eigenvalue weighted by Crippen LogP contribution is -2.13. The van der Waals surface area contributed by atoms with Gasteiger partial charge in [-0.15, -0.1) is 0 Å². The molecule has 2 heteroatoms. The molecule has 16 heavy (non-hydrogen) atoms. The zero-order valence-electron chi connectivity index (χ0n) is 10.4. The Labute approximate surface area is 97.9 Å². The van der Waals surface area contributed by atoms with E-state index in [1.54, 1.807) is 0 Å². The van der Waals surface area contributed by atoms with E-state index in [-0.39, 0.29) is 11.8 Å². The molecule has 1 amide bonds. The van der Waals surface area contributed by atoms with Crippen molar-refractivity contribution in [2.45, 2.75) is 39.5 Å². The van der Waals surface area contributed by atoms with Crippen molar-refractivity contribution in [1.82, 2.24) is 0 Å². The summed E-state index contributed by atoms with van der Waals surface area (Å²) in [7, 11) is 0. The number of benzene rings is 1. The molecule has 0 aliphatic carbocycles. The molecule has 0 fully saturated rings. The summed E-state index contributed by atoms with van der Waals surface area (Å²) in [5, 5.41) is 0. The van der Waals surface area contributed by atoms with E-state index in [1.165, 1.54) is 11.1 Å². The normalized spacial score (nSPS) is 12.8. The van der Waals surface area contributed by atoms with Crippen LogP contribution in [0.3, 0.4) is 0 Å². The van der Waals surface area contributed by atoms with Crippen LogP contribution in [0.4, 0.5) is 0 Å². The minimum Gasteiger partial charge on any atom is -0.370 e. The molecule has 88 valence electrons. The Kier molecular flexibility index (Phi) is 4.53. The number of primary amides is 1. The van der Waals surface area contributed by atoms with Gasteiger partial charge in [0.05, 0.1) is 0 Å². The third-order valence-electron chi connectivity index (χ3n) is 2.70. The van der Waals surface area contributed by atoms with E-state index in [2.05, 4.69) is 38.1 Å². The molecule has 0 heterocycles. The Balaban J connectivity index is 2.66. The summed E-state index contributed by atoms with van der Waals surface area (Å²) in [5.41, 5.74) is 7.73. The van der Waals surface area contributed by atoms with Gasteiger partial charge in [0.25, 0.3) is 0 Å². The van der Waals surface area contributed by atoms with Gasteiger partial charge in [0.1, 0.15) is 0 Å². The maximum Gasteiger partial charge on any atom is 0.218 e. The van der Waals surface area contributed by atoms with E-state index in [0.29, 0.717) is 12.3 Å². The lowest BCUT2D eigenvalue weighted by molar-refractivity contribution is -0.118. The average Bonchev–Trinajstić information content (AvgIpc) is 2.16. The summed E-state index contributed by atoms with van der Waals surface area (Å²) in [6.45, 7) is 6.45. The summed E-state index contributed by atoms with van der Waals surface area (Å²) in [6, 6.07) is 8.50. The summed E-state index contributed by atoms with van der Waals surface area (Å²) in [4.78, 5) is 10.8. The Morgan fingerprint density at radius 1 is 1.19 bits per heavy atom. The van der Waals surface area contributed by atoms with E-state index < -0.39 is 0 Å². The van der Waals surface area contributed by atoms with E-state index in [4.69, 9.17) is 5.73 Å². The van der Waals surface area contributed by atoms with Crippen molar-refractivity contribution in [2.75, 3.05) is 0 Å². The fraction of sp³-hybridized carbons (Fsp3) is 0.500. The monoisotopic (exact) mass is 219 g/mol. The Hall–Kier alpha value is -1.31. The minimum absolute atomic E-state index is 0.214. The molecule has 0 saturated carbocycles. The SMILES string of the molecule is CC(C)Cc1ccc(C(C)CC(N)=O)cc1. The van der Waals surface area contributed by atoms with Crippen LogP contribution in [0.1, 0.15) is 44.2 Å². The first-order chi connectivity index (χ1) is 7.49. The molecule has 1 aromatic rings. The fourth-order valence-electron chi connectivity index (χ4n) is 1.87. The van der Waals surface area contributed by atoms with Crippen molar-refractivity contribution in [3.05, 3.63) is 35.4 Å². The number of rotatable bonds is 5. The lowest BCUT2D eigenvalue weighted by Gasteiger charge is -2.11. The van der Waals surface area contributed by atoms with Crippen LogP contribution in [0.5, 0.6) is 0 Å². The molecule has 0 radical (unpaired) electrons. The zero-order chi connectivity index (χ0) is 12.1. The van der Waals surface area contributed by atoms with Crippen molar-refractivity contribution >= 4 is 5.91 Å². The highest BCUT2D eigenvalue weighted by molar-refractivity contribution is 5.74. The average molecular weight is 219 g/mol. The molecule has 0 aliphatic heterocycles. The predicted molar refractivity (Wildman–Crippen MR) is 67.2 cm³/mol. The highest BCUT2D eigenvalue weighted by Gasteiger charge is 2.08. The van der Waals surface area contributed by atoms with Crippen molar-refractivity contribution in [3.8, 4) is 0 Å². The fourth-order valence-corrected chi connectivity index (χ4v) is 1.87. The second-order valence-corrected chi connectivity index (χ2v) is 4.91. The van der Waals surface area contributed by atoms with Gasteiger partial charge in [0.15, 0.2) is 0 Å². The van der Waals surface area contributed by atoms with E-state index in [0.717, 1.165) is 6.42 Å². The molecule has 0 saturated heterocycles. The van der Waals surface area contributed by atoms with E-state index in [1.807, 2.05) is 6.92 Å². The van der Waals surface area contributed by atoms with E-state index >= 15 is 0 Å². The first-order valence-corrected chi connectivity index (χ1v) is 5.86. The number of carbonyl (C=O) groups is 1. The van der Waals surface area contributed by atoms with Crippen LogP contribution in [0.25, 0.3) is 0 Å². The Morgan fingerprint density at radius 2 is 1.75 bits per heavy atom. The van der Waals surface area contributed by atoms with Crippen LogP contribution in [0, 0.1) is 5.92 Å². The standard InChI is InChI=1S/C14H21NO/c1-10(2)8-12-4-6-13(7-5-12)11(3)9-14(15)16/h4-7,10-11H,8-9H2,1-3H3,(H2,15,16). The third-order valence-corrected chi connectivity index (χ3v) is 2.70. The van der Waals surface area contributed by atoms with Gasteiger partial charge in [-0.1, -0.05) is 45.0 Å². The van der Waals surface area contributed by atoms with Crippen molar-refractivity contribution in [1.29, 1.82) is 0 Å². The molecule has 2 N–H and O–H groups in total. The van der Waals surface area contributed by atoms with Gasteiger partial charge in [-0.05, 0) is 29.4 Å². The molecule has 0 aliphatic rings. The molecular formula is C14H21NO. The number of nitrogens with two attached hydrogens (primary N) is 1. The number of amides is 1. The maximum absolute atomic E-state index is 10.8. The topological polar surface area (TPSA) is 43.1 Å². The summed E-state index contributed by atoms with van der Waals surface area (Å²) in [5.74, 6) is 0.651. The first-order valence-electron chi connectivity index (χ1n) is 5.86. The minimum atomic E-state index is -0.237. The van der Waals surface area contributed by atoms with Crippen LogP contribution in [0.2, 0.25) is 0 Å². The molecule has 0 aromatic heterocycles. The molecule has 0 bridgehead atoms. The highest BCUT2D eigenvalue weighted by Crippen LogP contribution is 2.19. The van der Waals surface area contributed by atoms with Gasteiger partial charge in [-0.25, -0.2) is 0 Å². The van der Waals surface area contributed by atoms with Crippen molar-refractivity contribution < 1.29 is 4.79 Å². The smallest absolute Gasteiger partial charge is 0.218 e. The largest absolute Gasteiger partial charge is 0.370 e. The van der Waals surface area contributed by atoms with Crippen LogP contribution in [-0.2, 0) is 11.2 Å². The molecule has 1 unspecified atom stereocenters. The zero-order valence-corrected chi connectivity index (χ0v) is 10.4. The van der Waals surface area contributed by atoms with Gasteiger partial charge in [0.2, 0.25) is 5.91 Å². The second kappa shape index (κ2) is 5.69. The lowest BCUT2D eigenvalue weighted by atomic mass is 9.95. The van der Waals surface area contributed by atoms with Crippen molar-refractivity contribution in [3.63, 3.8) is 0 Å². The quantitative estimate of drug-likeness (QED) is 0.813. The summed E-state index contributed by atoms with van der Waals surface area (Å²) in [6.07, 6.45) is 1.52. The number of hydrogen-bond acceptors (Lipinski definition) is 1. The molecule has 2 nitrogen and oxygen atoms in total. The first kappa shape index (κ1) is 12.8. The molecular weight excluding hydrogens is 198 g/mol. The Bertz CT molecular complexity index is 340. The molecule has 1 rings (SSSR count). The second-order valence-electron chi connectivity index (χ2n) is 4.91. The summed E-state index contributed by atoms with van der Waals surface area (Å²) >= 11 is 0. The van der Waals surface area contributed by atoms with Crippen molar-refractivity contribution in [2.24, 2.45) is 11.7 Å². The highest BCUT2D eigenvalue weighted by atomic mass is 16.1. The van der Waals surface area contributed by atoms with Crippen LogP contribution in [0.15, 0.2) is 24.3 Å². The van der Waals surface area contributed by atoms with Gasteiger partial charge >= 0.3 is 0 Å². The van der Waals surface area contributed by atoms with Gasteiger partial charge in [0, 0.05) is 6.42 Å². The van der Waals surface area contributed by atoms with Crippen LogP contribution in [-0.4, -0.2) is 5.91 Å². The Morgan fingerprint density at radius 3 is 2.19 bits per heavy atom. The predicted octanol–water partition coefficient (Wildman–Crippen LogP) is 2.86. The maximum atomic E-state index is 10.8. The van der Waals surface area contributed by atoms with Gasteiger partial charge in [-0.3, -0.25) is 4.79 Å².